The first-order chi connectivity index (χ1) is 21.7. The van der Waals surface area contributed by atoms with E-state index in [4.69, 9.17) is 4.74 Å². The van der Waals surface area contributed by atoms with Gasteiger partial charge in [-0.05, 0) is 54.7 Å². The summed E-state index contributed by atoms with van der Waals surface area (Å²) in [5, 5.41) is 8.37. The number of hydrogen-bond acceptors (Lipinski definition) is 5. The minimum Gasteiger partial charge on any atom is -0.361 e. The van der Waals surface area contributed by atoms with Crippen molar-refractivity contribution in [3.8, 4) is 0 Å². The number of alkyl halides is 3. The molecular formula is C35H38F3N3O5. The van der Waals surface area contributed by atoms with Crippen molar-refractivity contribution in [2.45, 2.75) is 69.9 Å². The molecule has 3 amide bonds. The van der Waals surface area contributed by atoms with E-state index in [1.54, 1.807) is 37.3 Å². The van der Waals surface area contributed by atoms with Crippen molar-refractivity contribution in [2.24, 2.45) is 5.92 Å². The van der Waals surface area contributed by atoms with Crippen molar-refractivity contribution in [1.29, 1.82) is 0 Å². The van der Waals surface area contributed by atoms with E-state index in [0.29, 0.717) is 12.0 Å². The molecular weight excluding hydrogens is 599 g/mol. The van der Waals surface area contributed by atoms with Gasteiger partial charge in [-0.25, -0.2) is 0 Å². The summed E-state index contributed by atoms with van der Waals surface area (Å²) in [5.41, 5.74) is -0.476. The Kier molecular flexibility index (Phi) is 11.0. The van der Waals surface area contributed by atoms with E-state index in [9.17, 15) is 32.3 Å². The quantitative estimate of drug-likeness (QED) is 0.211. The SMILES string of the molecule is CC(C)C[C@H](NC(=O)[C@H](Cc1ccccc1)NC(=O)C[C@H](NC(=O)c1ccc(C(F)(F)F)cc1)c1ccccc1)C(=O)[C@@]1(C)CO1. The highest BCUT2D eigenvalue weighted by Gasteiger charge is 2.50. The molecule has 4 atom stereocenters. The predicted octanol–water partition coefficient (Wildman–Crippen LogP) is 5.18. The molecule has 1 aliphatic rings. The molecule has 0 unspecified atom stereocenters. The molecule has 3 N–H and O–H groups in total. The Morgan fingerprint density at radius 1 is 0.826 bits per heavy atom. The van der Waals surface area contributed by atoms with E-state index < -0.39 is 53.2 Å². The minimum atomic E-state index is -4.55. The molecule has 0 spiro atoms. The van der Waals surface area contributed by atoms with Gasteiger partial charge in [0, 0.05) is 12.0 Å². The van der Waals surface area contributed by atoms with E-state index in [-0.39, 0.29) is 36.7 Å². The summed E-state index contributed by atoms with van der Waals surface area (Å²) in [4.78, 5) is 53.4. The second-order valence-corrected chi connectivity index (χ2v) is 12.1. The molecule has 0 radical (unpaired) electrons. The summed E-state index contributed by atoms with van der Waals surface area (Å²) in [6, 6.07) is 18.8. The molecule has 4 rings (SSSR count). The molecule has 46 heavy (non-hydrogen) atoms. The zero-order valence-corrected chi connectivity index (χ0v) is 25.9. The van der Waals surface area contributed by atoms with Gasteiger partial charge in [0.05, 0.1) is 30.7 Å². The number of epoxide rings is 1. The lowest BCUT2D eigenvalue weighted by molar-refractivity contribution is -0.137. The number of nitrogens with one attached hydrogen (secondary N) is 3. The van der Waals surface area contributed by atoms with Gasteiger partial charge < -0.3 is 20.7 Å². The van der Waals surface area contributed by atoms with E-state index in [2.05, 4.69) is 16.0 Å². The fourth-order valence-corrected chi connectivity index (χ4v) is 5.08. The van der Waals surface area contributed by atoms with Crippen LogP contribution >= 0.6 is 0 Å². The Morgan fingerprint density at radius 3 is 1.96 bits per heavy atom. The summed E-state index contributed by atoms with van der Waals surface area (Å²) in [5.74, 6) is -1.89. The first-order valence-electron chi connectivity index (χ1n) is 15.1. The normalized spacial score (nSPS) is 17.8. The van der Waals surface area contributed by atoms with Crippen molar-refractivity contribution in [1.82, 2.24) is 16.0 Å². The third kappa shape index (κ3) is 9.50. The van der Waals surface area contributed by atoms with Gasteiger partial charge >= 0.3 is 6.18 Å². The number of carbonyl (C=O) groups is 4. The molecule has 8 nitrogen and oxygen atoms in total. The Hall–Kier alpha value is -4.51. The summed E-state index contributed by atoms with van der Waals surface area (Å²) in [6.07, 6.45) is -4.28. The highest BCUT2D eigenvalue weighted by atomic mass is 19.4. The van der Waals surface area contributed by atoms with Crippen molar-refractivity contribution in [3.05, 3.63) is 107 Å². The highest BCUT2D eigenvalue weighted by molar-refractivity contribution is 5.98. The lowest BCUT2D eigenvalue weighted by atomic mass is 9.93. The van der Waals surface area contributed by atoms with Crippen LogP contribution in [0.5, 0.6) is 0 Å². The maximum absolute atomic E-state index is 13.7. The van der Waals surface area contributed by atoms with Crippen LogP contribution in [0.1, 0.15) is 66.7 Å². The zero-order valence-electron chi connectivity index (χ0n) is 25.9. The summed E-state index contributed by atoms with van der Waals surface area (Å²) < 4.78 is 44.4. The second kappa shape index (κ2) is 14.7. The first kappa shape index (κ1) is 34.4. The summed E-state index contributed by atoms with van der Waals surface area (Å²) in [7, 11) is 0. The Bertz CT molecular complexity index is 1510. The number of amides is 3. The first-order valence-corrected chi connectivity index (χ1v) is 15.1. The zero-order chi connectivity index (χ0) is 33.5. The second-order valence-electron chi connectivity index (χ2n) is 12.1. The smallest absolute Gasteiger partial charge is 0.361 e. The van der Waals surface area contributed by atoms with Crippen LogP contribution in [0.3, 0.4) is 0 Å². The van der Waals surface area contributed by atoms with Crippen LogP contribution in [-0.2, 0) is 31.7 Å². The fourth-order valence-electron chi connectivity index (χ4n) is 5.08. The van der Waals surface area contributed by atoms with Gasteiger partial charge in [-0.1, -0.05) is 74.5 Å². The average molecular weight is 638 g/mol. The largest absolute Gasteiger partial charge is 0.416 e. The third-order valence-corrected chi connectivity index (χ3v) is 7.74. The maximum Gasteiger partial charge on any atom is 0.416 e. The van der Waals surface area contributed by atoms with Crippen LogP contribution in [0.15, 0.2) is 84.9 Å². The number of rotatable bonds is 14. The number of ether oxygens (including phenoxy) is 1. The van der Waals surface area contributed by atoms with Crippen LogP contribution < -0.4 is 16.0 Å². The van der Waals surface area contributed by atoms with Crippen LogP contribution in [-0.4, -0.2) is 47.8 Å². The number of benzene rings is 3. The average Bonchev–Trinajstić information content (AvgIpc) is 3.78. The third-order valence-electron chi connectivity index (χ3n) is 7.74. The number of ketones is 1. The van der Waals surface area contributed by atoms with Gasteiger partial charge in [0.15, 0.2) is 5.78 Å². The van der Waals surface area contributed by atoms with E-state index >= 15 is 0 Å². The van der Waals surface area contributed by atoms with Crippen LogP contribution in [0.4, 0.5) is 13.2 Å². The van der Waals surface area contributed by atoms with Crippen molar-refractivity contribution in [2.75, 3.05) is 6.61 Å². The fraction of sp³-hybridized carbons (Fsp3) is 0.371. The van der Waals surface area contributed by atoms with Gasteiger partial charge in [0.1, 0.15) is 11.6 Å². The number of carbonyl (C=O) groups excluding carboxylic acids is 4. The van der Waals surface area contributed by atoms with Gasteiger partial charge in [-0.3, -0.25) is 19.2 Å². The van der Waals surface area contributed by atoms with E-state index in [1.165, 1.54) is 0 Å². The summed E-state index contributed by atoms with van der Waals surface area (Å²) in [6.45, 7) is 5.84. The van der Waals surface area contributed by atoms with Crippen LogP contribution in [0.25, 0.3) is 0 Å². The monoisotopic (exact) mass is 637 g/mol. The molecule has 0 saturated carbocycles. The van der Waals surface area contributed by atoms with E-state index in [1.807, 2.05) is 44.2 Å². The molecule has 3 aromatic carbocycles. The lowest BCUT2D eigenvalue weighted by Gasteiger charge is -2.26. The van der Waals surface area contributed by atoms with Gasteiger partial charge in [-0.15, -0.1) is 0 Å². The number of halogens is 3. The number of Topliss-reactive ketones (excluding diaryl/α,β-unsaturated/α-hetero) is 1. The van der Waals surface area contributed by atoms with Crippen molar-refractivity contribution >= 4 is 23.5 Å². The van der Waals surface area contributed by atoms with Gasteiger partial charge in [0.2, 0.25) is 11.8 Å². The molecule has 0 aliphatic carbocycles. The summed E-state index contributed by atoms with van der Waals surface area (Å²) >= 11 is 0. The van der Waals surface area contributed by atoms with Crippen LogP contribution in [0.2, 0.25) is 0 Å². The predicted molar refractivity (Wildman–Crippen MR) is 166 cm³/mol. The Balaban J connectivity index is 1.52. The molecule has 3 aromatic rings. The molecule has 1 aliphatic heterocycles. The lowest BCUT2D eigenvalue weighted by Crippen LogP contribution is -2.54. The molecule has 1 saturated heterocycles. The standard InChI is InChI=1S/C35H38F3N3O5/c1-22(2)18-28(31(43)34(3)21-46-34)41-33(45)29(19-23-10-6-4-7-11-23)39-30(42)20-27(24-12-8-5-9-13-24)40-32(44)25-14-16-26(17-15-25)35(36,37)38/h4-17,22,27-29H,18-21H2,1-3H3,(H,39,42)(H,40,44)(H,41,45)/t27-,28-,29-,34+/m0/s1. The molecule has 0 aromatic heterocycles. The molecule has 0 bridgehead atoms. The molecule has 1 fully saturated rings. The number of hydrogen-bond donors (Lipinski definition) is 3. The molecule has 1 heterocycles. The Morgan fingerprint density at radius 2 is 1.41 bits per heavy atom. The van der Waals surface area contributed by atoms with E-state index in [0.717, 1.165) is 29.8 Å². The molecule has 244 valence electrons. The van der Waals surface area contributed by atoms with Gasteiger partial charge in [0.25, 0.3) is 5.91 Å². The molecule has 11 heteroatoms. The van der Waals surface area contributed by atoms with Gasteiger partial charge in [-0.2, -0.15) is 13.2 Å². The minimum absolute atomic E-state index is 0.00938. The maximum atomic E-state index is 13.7. The van der Waals surface area contributed by atoms with Crippen molar-refractivity contribution in [3.63, 3.8) is 0 Å². The van der Waals surface area contributed by atoms with Crippen LogP contribution in [0, 0.1) is 5.92 Å². The Labute approximate surface area is 266 Å². The topological polar surface area (TPSA) is 117 Å². The van der Waals surface area contributed by atoms with Crippen molar-refractivity contribution < 1.29 is 37.1 Å². The highest BCUT2D eigenvalue weighted by Crippen LogP contribution is 2.30.